The van der Waals surface area contributed by atoms with Crippen LogP contribution in [0, 0.1) is 12.7 Å². The van der Waals surface area contributed by atoms with Gasteiger partial charge in [0.05, 0.1) is 35.4 Å². The molecule has 0 unspecified atom stereocenters. The number of nitrogens with one attached hydrogen (secondary N) is 1. The average Bonchev–Trinajstić information content (AvgIpc) is 3.09. The highest BCUT2D eigenvalue weighted by Crippen LogP contribution is 2.30. The molecule has 0 radical (unpaired) electrons. The molecule has 0 spiro atoms. The molecule has 2 heterocycles. The number of aromatic nitrogens is 2. The molecule has 6 nitrogen and oxygen atoms in total. The van der Waals surface area contributed by atoms with E-state index in [1.807, 2.05) is 19.1 Å². The van der Waals surface area contributed by atoms with Crippen LogP contribution in [0.5, 0.6) is 5.75 Å². The third kappa shape index (κ3) is 4.20. The van der Waals surface area contributed by atoms with Crippen molar-refractivity contribution in [2.24, 2.45) is 0 Å². The predicted octanol–water partition coefficient (Wildman–Crippen LogP) is 4.60. The van der Waals surface area contributed by atoms with Crippen molar-refractivity contribution in [2.75, 3.05) is 11.9 Å². The molecule has 0 saturated carbocycles. The van der Waals surface area contributed by atoms with Gasteiger partial charge in [0.25, 0.3) is 11.5 Å². The van der Waals surface area contributed by atoms with Crippen LogP contribution in [-0.2, 0) is 6.54 Å². The maximum atomic E-state index is 13.5. The fourth-order valence-corrected chi connectivity index (χ4v) is 4.39. The number of carbonyl (C=O) groups is 1. The Balaban J connectivity index is 1.67. The Morgan fingerprint density at radius 3 is 2.81 bits per heavy atom. The quantitative estimate of drug-likeness (QED) is 0.478. The highest BCUT2D eigenvalue weighted by Gasteiger charge is 2.20. The van der Waals surface area contributed by atoms with Gasteiger partial charge in [-0.2, -0.15) is 0 Å². The van der Waals surface area contributed by atoms with E-state index in [9.17, 15) is 14.0 Å². The van der Waals surface area contributed by atoms with Crippen molar-refractivity contribution in [3.8, 4) is 5.75 Å². The van der Waals surface area contributed by atoms with E-state index in [1.54, 1.807) is 31.2 Å². The number of anilines is 1. The standard InChI is InChI=1S/C23H20FN3O3S/c1-3-30-18-10-5-4-9-17(18)26-21(28)20-14(2)19-22(31-20)25-13-27(23(19)29)12-15-7-6-8-16(24)11-15/h4-11,13H,3,12H2,1-2H3,(H,26,28). The van der Waals surface area contributed by atoms with Gasteiger partial charge in [0, 0.05) is 0 Å². The Kier molecular flexibility index (Phi) is 5.81. The first kappa shape index (κ1) is 20.7. The molecule has 0 aliphatic heterocycles. The number of fused-ring (bicyclic) bond motifs is 1. The number of carbonyl (C=O) groups excluding carboxylic acids is 1. The number of amides is 1. The molecule has 1 N–H and O–H groups in total. The van der Waals surface area contributed by atoms with Crippen molar-refractivity contribution < 1.29 is 13.9 Å². The van der Waals surface area contributed by atoms with Crippen LogP contribution in [0.2, 0.25) is 0 Å². The summed E-state index contributed by atoms with van der Waals surface area (Å²) in [6, 6.07) is 13.3. The molecule has 2 aromatic carbocycles. The molecule has 4 rings (SSSR count). The molecule has 0 aliphatic carbocycles. The highest BCUT2D eigenvalue weighted by atomic mass is 32.1. The summed E-state index contributed by atoms with van der Waals surface area (Å²) >= 11 is 1.16. The summed E-state index contributed by atoms with van der Waals surface area (Å²) in [5.41, 5.74) is 1.51. The molecule has 4 aromatic rings. The number of thiophene rings is 1. The van der Waals surface area contributed by atoms with E-state index < -0.39 is 0 Å². The number of nitrogens with zero attached hydrogens (tertiary/aromatic N) is 2. The van der Waals surface area contributed by atoms with Crippen molar-refractivity contribution >= 4 is 33.1 Å². The third-order valence-electron chi connectivity index (χ3n) is 4.80. The van der Waals surface area contributed by atoms with E-state index >= 15 is 0 Å². The molecule has 0 saturated heterocycles. The van der Waals surface area contributed by atoms with Gasteiger partial charge < -0.3 is 10.1 Å². The molecule has 1 amide bonds. The van der Waals surface area contributed by atoms with E-state index in [1.165, 1.54) is 23.0 Å². The van der Waals surface area contributed by atoms with Crippen molar-refractivity contribution in [3.63, 3.8) is 0 Å². The van der Waals surface area contributed by atoms with Gasteiger partial charge in [0.2, 0.25) is 0 Å². The van der Waals surface area contributed by atoms with Gasteiger partial charge in [-0.05, 0) is 49.2 Å². The average molecular weight is 437 g/mol. The van der Waals surface area contributed by atoms with Gasteiger partial charge in [-0.25, -0.2) is 9.37 Å². The first-order valence-corrected chi connectivity index (χ1v) is 10.6. The monoisotopic (exact) mass is 437 g/mol. The van der Waals surface area contributed by atoms with Gasteiger partial charge in [-0.3, -0.25) is 14.2 Å². The summed E-state index contributed by atoms with van der Waals surface area (Å²) in [5.74, 6) is -0.117. The summed E-state index contributed by atoms with van der Waals surface area (Å²) in [4.78, 5) is 31.3. The summed E-state index contributed by atoms with van der Waals surface area (Å²) in [7, 11) is 0. The maximum Gasteiger partial charge on any atom is 0.266 e. The van der Waals surface area contributed by atoms with Gasteiger partial charge in [-0.1, -0.05) is 24.3 Å². The summed E-state index contributed by atoms with van der Waals surface area (Å²) in [5, 5.41) is 3.26. The molecule has 8 heteroatoms. The molecular weight excluding hydrogens is 417 g/mol. The zero-order chi connectivity index (χ0) is 22.0. The molecule has 0 aliphatic rings. The lowest BCUT2D eigenvalue weighted by Gasteiger charge is -2.10. The number of hydrogen-bond acceptors (Lipinski definition) is 5. The second-order valence-electron chi connectivity index (χ2n) is 6.93. The molecule has 0 fully saturated rings. The Labute approximate surface area is 181 Å². The first-order valence-electron chi connectivity index (χ1n) is 9.74. The van der Waals surface area contributed by atoms with Gasteiger partial charge >= 0.3 is 0 Å². The van der Waals surface area contributed by atoms with Crippen molar-refractivity contribution in [3.05, 3.63) is 87.0 Å². The normalized spacial score (nSPS) is 10.9. The van der Waals surface area contributed by atoms with E-state index in [4.69, 9.17) is 4.74 Å². The minimum Gasteiger partial charge on any atom is -0.492 e. The van der Waals surface area contributed by atoms with Crippen molar-refractivity contribution in [2.45, 2.75) is 20.4 Å². The van der Waals surface area contributed by atoms with Gasteiger partial charge in [0.15, 0.2) is 0 Å². The molecule has 31 heavy (non-hydrogen) atoms. The fraction of sp³-hybridized carbons (Fsp3) is 0.174. The zero-order valence-electron chi connectivity index (χ0n) is 17.0. The van der Waals surface area contributed by atoms with Crippen LogP contribution in [0.4, 0.5) is 10.1 Å². The van der Waals surface area contributed by atoms with Crippen LogP contribution < -0.4 is 15.6 Å². The van der Waals surface area contributed by atoms with Crippen molar-refractivity contribution in [1.29, 1.82) is 0 Å². The lowest BCUT2D eigenvalue weighted by atomic mass is 10.2. The third-order valence-corrected chi connectivity index (χ3v) is 6.00. The van der Waals surface area contributed by atoms with Crippen LogP contribution in [-0.4, -0.2) is 22.1 Å². The second kappa shape index (κ2) is 8.69. The van der Waals surface area contributed by atoms with Crippen LogP contribution in [0.15, 0.2) is 59.7 Å². The highest BCUT2D eigenvalue weighted by molar-refractivity contribution is 7.20. The van der Waals surface area contributed by atoms with E-state index in [0.29, 0.717) is 44.3 Å². The molecule has 2 aromatic heterocycles. The summed E-state index contributed by atoms with van der Waals surface area (Å²) < 4.78 is 20.5. The smallest absolute Gasteiger partial charge is 0.266 e. The minimum absolute atomic E-state index is 0.193. The van der Waals surface area contributed by atoms with Crippen molar-refractivity contribution in [1.82, 2.24) is 9.55 Å². The summed E-state index contributed by atoms with van der Waals surface area (Å²) in [6.07, 6.45) is 1.43. The number of hydrogen-bond donors (Lipinski definition) is 1. The lowest BCUT2D eigenvalue weighted by molar-refractivity contribution is 0.102. The largest absolute Gasteiger partial charge is 0.492 e. The van der Waals surface area contributed by atoms with Crippen LogP contribution in [0.25, 0.3) is 10.2 Å². The van der Waals surface area contributed by atoms with Crippen LogP contribution in [0.3, 0.4) is 0 Å². The number of ether oxygens (including phenoxy) is 1. The second-order valence-corrected chi connectivity index (χ2v) is 7.93. The van der Waals surface area contributed by atoms with E-state index in [2.05, 4.69) is 10.3 Å². The zero-order valence-corrected chi connectivity index (χ0v) is 17.8. The lowest BCUT2D eigenvalue weighted by Crippen LogP contribution is -2.21. The Bertz CT molecular complexity index is 1330. The SMILES string of the molecule is CCOc1ccccc1NC(=O)c1sc2ncn(Cc3cccc(F)c3)c(=O)c2c1C. The van der Waals surface area contributed by atoms with E-state index in [-0.39, 0.29) is 23.8 Å². The number of aryl methyl sites for hydroxylation is 1. The van der Waals surface area contributed by atoms with Gasteiger partial charge in [-0.15, -0.1) is 11.3 Å². The minimum atomic E-state index is -0.363. The molecule has 0 atom stereocenters. The molecule has 158 valence electrons. The predicted molar refractivity (Wildman–Crippen MR) is 120 cm³/mol. The first-order chi connectivity index (χ1) is 15.0. The topological polar surface area (TPSA) is 73.2 Å². The van der Waals surface area contributed by atoms with Gasteiger partial charge in [0.1, 0.15) is 16.4 Å². The Morgan fingerprint density at radius 2 is 2.03 bits per heavy atom. The van der Waals surface area contributed by atoms with Crippen LogP contribution in [0.1, 0.15) is 27.7 Å². The number of halogens is 1. The molecule has 0 bridgehead atoms. The maximum absolute atomic E-state index is 13.5. The number of para-hydroxylation sites is 2. The fourth-order valence-electron chi connectivity index (χ4n) is 3.35. The Morgan fingerprint density at radius 1 is 1.23 bits per heavy atom. The van der Waals surface area contributed by atoms with Crippen LogP contribution >= 0.6 is 11.3 Å². The number of benzene rings is 2. The number of rotatable bonds is 6. The Hall–Kier alpha value is -3.52. The molecular formula is C23H20FN3O3S. The summed E-state index contributed by atoms with van der Waals surface area (Å²) in [6.45, 7) is 4.27. The van der Waals surface area contributed by atoms with E-state index in [0.717, 1.165) is 11.3 Å².